The highest BCUT2D eigenvalue weighted by Gasteiger charge is 2.27. The van der Waals surface area contributed by atoms with Gasteiger partial charge in [-0.1, -0.05) is 19.1 Å². The molecule has 1 atom stereocenters. The molecule has 62 valence electrons. The summed E-state index contributed by atoms with van der Waals surface area (Å²) in [7, 11) is 1.43. The first-order chi connectivity index (χ1) is 5.16. The molecule has 2 heteroatoms. The predicted molar refractivity (Wildman–Crippen MR) is 43.1 cm³/mol. The van der Waals surface area contributed by atoms with Crippen LogP contribution >= 0.6 is 0 Å². The number of rotatable bonds is 2. The molecule has 0 radical (unpaired) electrons. The molecular weight excluding hydrogens is 140 g/mol. The van der Waals surface area contributed by atoms with Crippen molar-refractivity contribution in [1.82, 2.24) is 0 Å². The fourth-order valence-electron chi connectivity index (χ4n) is 1.41. The molecule has 0 saturated heterocycles. The minimum Gasteiger partial charge on any atom is -0.469 e. The molecule has 0 saturated carbocycles. The van der Waals surface area contributed by atoms with Crippen LogP contribution in [0.4, 0.5) is 0 Å². The molecule has 0 heterocycles. The van der Waals surface area contributed by atoms with E-state index >= 15 is 0 Å². The summed E-state index contributed by atoms with van der Waals surface area (Å²) in [5, 5.41) is 0. The van der Waals surface area contributed by atoms with Crippen LogP contribution in [0, 0.1) is 5.41 Å². The summed E-state index contributed by atoms with van der Waals surface area (Å²) < 4.78 is 4.60. The molecule has 11 heavy (non-hydrogen) atoms. The van der Waals surface area contributed by atoms with Gasteiger partial charge in [0.05, 0.1) is 13.5 Å². The summed E-state index contributed by atoms with van der Waals surface area (Å²) in [6, 6.07) is 0. The Hall–Kier alpha value is -0.790. The van der Waals surface area contributed by atoms with Crippen molar-refractivity contribution in [2.75, 3.05) is 7.11 Å². The molecule has 0 aromatic rings. The van der Waals surface area contributed by atoms with Crippen molar-refractivity contribution in [3.05, 3.63) is 12.2 Å². The predicted octanol–water partition coefficient (Wildman–Crippen LogP) is 1.91. The van der Waals surface area contributed by atoms with Gasteiger partial charge in [0, 0.05) is 0 Å². The smallest absolute Gasteiger partial charge is 0.306 e. The highest BCUT2D eigenvalue weighted by molar-refractivity contribution is 5.70. The highest BCUT2D eigenvalue weighted by Crippen LogP contribution is 2.34. The Morgan fingerprint density at radius 3 is 2.91 bits per heavy atom. The van der Waals surface area contributed by atoms with Crippen molar-refractivity contribution >= 4 is 5.97 Å². The molecule has 0 amide bonds. The Morgan fingerprint density at radius 1 is 1.73 bits per heavy atom. The topological polar surface area (TPSA) is 26.3 Å². The SMILES string of the molecule is COC(=O)CC1(C)C=CCC1. The molecule has 1 unspecified atom stereocenters. The van der Waals surface area contributed by atoms with Crippen LogP contribution in [-0.2, 0) is 9.53 Å². The van der Waals surface area contributed by atoms with Gasteiger partial charge in [-0.15, -0.1) is 0 Å². The minimum absolute atomic E-state index is 0.0626. The number of hydrogen-bond donors (Lipinski definition) is 0. The Labute approximate surface area is 67.2 Å². The quantitative estimate of drug-likeness (QED) is 0.448. The summed E-state index contributed by atoms with van der Waals surface area (Å²) in [4.78, 5) is 10.9. The second-order valence-electron chi connectivity index (χ2n) is 3.35. The molecule has 0 fully saturated rings. The van der Waals surface area contributed by atoms with E-state index in [1.165, 1.54) is 7.11 Å². The lowest BCUT2D eigenvalue weighted by molar-refractivity contribution is -0.142. The fourth-order valence-corrected chi connectivity index (χ4v) is 1.41. The lowest BCUT2D eigenvalue weighted by atomic mass is 9.87. The van der Waals surface area contributed by atoms with E-state index in [9.17, 15) is 4.79 Å². The molecule has 1 rings (SSSR count). The summed E-state index contributed by atoms with van der Waals surface area (Å²) in [5.41, 5.74) is 0.0626. The average Bonchev–Trinajstić information content (AvgIpc) is 2.36. The number of ether oxygens (including phenoxy) is 1. The number of methoxy groups -OCH3 is 1. The van der Waals surface area contributed by atoms with Crippen LogP contribution in [0.2, 0.25) is 0 Å². The van der Waals surface area contributed by atoms with E-state index in [1.807, 2.05) is 0 Å². The van der Waals surface area contributed by atoms with E-state index in [0.29, 0.717) is 6.42 Å². The van der Waals surface area contributed by atoms with Crippen LogP contribution in [0.15, 0.2) is 12.2 Å². The summed E-state index contributed by atoms with van der Waals surface area (Å²) in [5.74, 6) is -0.112. The molecule has 0 bridgehead atoms. The molecule has 1 aliphatic carbocycles. The third-order valence-corrected chi connectivity index (χ3v) is 2.18. The summed E-state index contributed by atoms with van der Waals surface area (Å²) >= 11 is 0. The Bertz CT molecular complexity index is 184. The maximum atomic E-state index is 10.9. The van der Waals surface area contributed by atoms with E-state index in [1.54, 1.807) is 0 Å². The zero-order chi connectivity index (χ0) is 8.32. The Kier molecular flexibility index (Phi) is 2.32. The first-order valence-electron chi connectivity index (χ1n) is 3.91. The molecule has 0 spiro atoms. The van der Waals surface area contributed by atoms with Crippen molar-refractivity contribution in [1.29, 1.82) is 0 Å². The van der Waals surface area contributed by atoms with Gasteiger partial charge in [0.1, 0.15) is 0 Å². The van der Waals surface area contributed by atoms with E-state index in [0.717, 1.165) is 12.8 Å². The monoisotopic (exact) mass is 154 g/mol. The number of esters is 1. The number of carbonyl (C=O) groups is 1. The maximum Gasteiger partial charge on any atom is 0.306 e. The van der Waals surface area contributed by atoms with E-state index in [2.05, 4.69) is 23.8 Å². The van der Waals surface area contributed by atoms with Gasteiger partial charge in [0.25, 0.3) is 0 Å². The largest absolute Gasteiger partial charge is 0.469 e. The standard InChI is InChI=1S/C9H14O2/c1-9(5-3-4-6-9)7-8(10)11-2/h3,5H,4,6-7H2,1-2H3. The molecule has 0 N–H and O–H groups in total. The second kappa shape index (κ2) is 3.07. The summed E-state index contributed by atoms with van der Waals surface area (Å²) in [6.45, 7) is 2.09. The van der Waals surface area contributed by atoms with Crippen LogP contribution in [0.1, 0.15) is 26.2 Å². The van der Waals surface area contributed by atoms with Gasteiger partial charge in [-0.25, -0.2) is 0 Å². The van der Waals surface area contributed by atoms with Gasteiger partial charge in [0.15, 0.2) is 0 Å². The maximum absolute atomic E-state index is 10.9. The Balaban J connectivity index is 2.47. The molecular formula is C9H14O2. The third-order valence-electron chi connectivity index (χ3n) is 2.18. The molecule has 0 aromatic heterocycles. The lowest BCUT2D eigenvalue weighted by Crippen LogP contribution is -2.16. The summed E-state index contributed by atoms with van der Waals surface area (Å²) in [6.07, 6.45) is 6.92. The van der Waals surface area contributed by atoms with Crippen LogP contribution in [0.3, 0.4) is 0 Å². The van der Waals surface area contributed by atoms with Crippen LogP contribution in [0.25, 0.3) is 0 Å². The molecule has 0 aromatic carbocycles. The van der Waals surface area contributed by atoms with E-state index in [-0.39, 0.29) is 11.4 Å². The zero-order valence-corrected chi connectivity index (χ0v) is 7.09. The van der Waals surface area contributed by atoms with Crippen molar-refractivity contribution < 1.29 is 9.53 Å². The van der Waals surface area contributed by atoms with Gasteiger partial charge >= 0.3 is 5.97 Å². The van der Waals surface area contributed by atoms with Gasteiger partial charge in [-0.05, 0) is 18.3 Å². The second-order valence-corrected chi connectivity index (χ2v) is 3.35. The minimum atomic E-state index is -0.112. The van der Waals surface area contributed by atoms with Crippen molar-refractivity contribution in [2.24, 2.45) is 5.41 Å². The van der Waals surface area contributed by atoms with Crippen molar-refractivity contribution in [2.45, 2.75) is 26.2 Å². The van der Waals surface area contributed by atoms with Gasteiger partial charge in [-0.2, -0.15) is 0 Å². The highest BCUT2D eigenvalue weighted by atomic mass is 16.5. The Morgan fingerprint density at radius 2 is 2.45 bits per heavy atom. The van der Waals surface area contributed by atoms with Crippen LogP contribution in [-0.4, -0.2) is 13.1 Å². The molecule has 1 aliphatic rings. The third kappa shape index (κ3) is 2.07. The number of allylic oxidation sites excluding steroid dienone is 2. The van der Waals surface area contributed by atoms with Gasteiger partial charge < -0.3 is 4.74 Å². The van der Waals surface area contributed by atoms with E-state index < -0.39 is 0 Å². The average molecular weight is 154 g/mol. The first kappa shape index (κ1) is 8.31. The zero-order valence-electron chi connectivity index (χ0n) is 7.09. The van der Waals surface area contributed by atoms with Crippen LogP contribution < -0.4 is 0 Å². The van der Waals surface area contributed by atoms with Gasteiger partial charge in [0.2, 0.25) is 0 Å². The van der Waals surface area contributed by atoms with Crippen LogP contribution in [0.5, 0.6) is 0 Å². The molecule has 0 aliphatic heterocycles. The van der Waals surface area contributed by atoms with Crippen molar-refractivity contribution in [3.8, 4) is 0 Å². The normalized spacial score (nSPS) is 28.9. The molecule has 2 nitrogen and oxygen atoms in total. The van der Waals surface area contributed by atoms with E-state index in [4.69, 9.17) is 0 Å². The fraction of sp³-hybridized carbons (Fsp3) is 0.667. The number of carbonyl (C=O) groups excluding carboxylic acids is 1. The van der Waals surface area contributed by atoms with Gasteiger partial charge in [-0.3, -0.25) is 4.79 Å². The first-order valence-corrected chi connectivity index (χ1v) is 3.91. The lowest BCUT2D eigenvalue weighted by Gasteiger charge is -2.19. The van der Waals surface area contributed by atoms with Crippen molar-refractivity contribution in [3.63, 3.8) is 0 Å². The number of hydrogen-bond acceptors (Lipinski definition) is 2.